The number of benzene rings is 2. The molecule has 26 heavy (non-hydrogen) atoms. The molecule has 1 atom stereocenters. The van der Waals surface area contributed by atoms with Crippen LogP contribution < -0.4 is 0 Å². The fraction of sp³-hybridized carbons (Fsp3) is 0.100. The second kappa shape index (κ2) is 6.93. The lowest BCUT2D eigenvalue weighted by Gasteiger charge is -2.12. The van der Waals surface area contributed by atoms with Gasteiger partial charge in [0.05, 0.1) is 6.20 Å². The van der Waals surface area contributed by atoms with Gasteiger partial charge in [-0.2, -0.15) is 0 Å². The highest BCUT2D eigenvalue weighted by Gasteiger charge is 2.17. The Labute approximate surface area is 149 Å². The molecule has 4 rings (SSSR count). The van der Waals surface area contributed by atoms with E-state index in [0.29, 0.717) is 24.0 Å². The van der Waals surface area contributed by atoms with Gasteiger partial charge in [0.2, 0.25) is 5.89 Å². The van der Waals surface area contributed by atoms with E-state index in [1.165, 1.54) is 12.1 Å². The molecule has 2 aromatic carbocycles. The van der Waals surface area contributed by atoms with Gasteiger partial charge >= 0.3 is 0 Å². The Morgan fingerprint density at radius 3 is 2.58 bits per heavy atom. The van der Waals surface area contributed by atoms with Crippen LogP contribution in [-0.2, 0) is 6.54 Å². The molecule has 2 aromatic heterocycles. The molecule has 0 spiro atoms. The van der Waals surface area contributed by atoms with Crippen molar-refractivity contribution >= 4 is 0 Å². The molecule has 0 saturated heterocycles. The first kappa shape index (κ1) is 16.2. The number of nitrogens with zero attached hydrogens (tertiary/aromatic N) is 3. The number of aliphatic hydroxyl groups is 1. The van der Waals surface area contributed by atoms with Crippen LogP contribution in [0.5, 0.6) is 0 Å². The third kappa shape index (κ3) is 3.27. The molecule has 0 fully saturated rings. The maximum Gasteiger partial charge on any atom is 0.214 e. The topological polar surface area (TPSA) is 64.1 Å². The molecule has 0 unspecified atom stereocenters. The molecule has 5 nitrogen and oxygen atoms in total. The van der Waals surface area contributed by atoms with Gasteiger partial charge in [0.1, 0.15) is 24.3 Å². The van der Waals surface area contributed by atoms with Crippen LogP contribution in [0.25, 0.3) is 11.3 Å². The Hall–Kier alpha value is -3.25. The van der Waals surface area contributed by atoms with E-state index in [1.54, 1.807) is 35.3 Å². The van der Waals surface area contributed by atoms with Crippen molar-refractivity contribution in [3.8, 4) is 11.3 Å². The van der Waals surface area contributed by atoms with E-state index in [0.717, 1.165) is 11.1 Å². The standard InChI is InChI=1S/C20H16FN3O2/c21-16-8-6-14(7-9-16)17-12-23-18(26-17)13-24-11-10-22-20(24)19(25)15-4-2-1-3-5-15/h1-12,19,25H,13H2/t19-/m0/s1. The average molecular weight is 349 g/mol. The zero-order chi connectivity index (χ0) is 17.9. The van der Waals surface area contributed by atoms with Crippen molar-refractivity contribution in [2.24, 2.45) is 0 Å². The molecule has 0 aliphatic rings. The van der Waals surface area contributed by atoms with Crippen molar-refractivity contribution in [1.82, 2.24) is 14.5 Å². The van der Waals surface area contributed by atoms with E-state index in [1.807, 2.05) is 30.3 Å². The summed E-state index contributed by atoms with van der Waals surface area (Å²) in [5.41, 5.74) is 1.51. The molecule has 0 radical (unpaired) electrons. The van der Waals surface area contributed by atoms with Crippen molar-refractivity contribution in [3.63, 3.8) is 0 Å². The van der Waals surface area contributed by atoms with Crippen LogP contribution in [0.3, 0.4) is 0 Å². The summed E-state index contributed by atoms with van der Waals surface area (Å²) in [4.78, 5) is 8.54. The Balaban J connectivity index is 1.56. The summed E-state index contributed by atoms with van der Waals surface area (Å²) < 4.78 is 20.6. The number of aliphatic hydroxyl groups excluding tert-OH is 1. The van der Waals surface area contributed by atoms with Crippen LogP contribution >= 0.6 is 0 Å². The third-order valence-electron chi connectivity index (χ3n) is 4.10. The normalized spacial score (nSPS) is 12.2. The number of aromatic nitrogens is 3. The number of halogens is 1. The molecule has 0 aliphatic heterocycles. The van der Waals surface area contributed by atoms with Crippen molar-refractivity contribution in [2.45, 2.75) is 12.6 Å². The molecule has 6 heteroatoms. The van der Waals surface area contributed by atoms with E-state index in [9.17, 15) is 9.50 Å². The summed E-state index contributed by atoms with van der Waals surface area (Å²) in [6.45, 7) is 0.334. The molecular formula is C20H16FN3O2. The maximum absolute atomic E-state index is 13.0. The molecule has 130 valence electrons. The predicted molar refractivity (Wildman–Crippen MR) is 93.7 cm³/mol. The first-order valence-electron chi connectivity index (χ1n) is 8.15. The largest absolute Gasteiger partial charge is 0.439 e. The van der Waals surface area contributed by atoms with E-state index < -0.39 is 6.10 Å². The highest BCUT2D eigenvalue weighted by molar-refractivity contribution is 5.55. The second-order valence-electron chi connectivity index (χ2n) is 5.85. The molecule has 0 bridgehead atoms. The van der Waals surface area contributed by atoms with Gasteiger partial charge in [-0.1, -0.05) is 30.3 Å². The SMILES string of the molecule is O[C@@H](c1ccccc1)c1nccn1Cc1ncc(-c2ccc(F)cc2)o1. The Kier molecular flexibility index (Phi) is 4.33. The van der Waals surface area contributed by atoms with Gasteiger partial charge < -0.3 is 14.1 Å². The van der Waals surface area contributed by atoms with E-state index in [4.69, 9.17) is 4.42 Å². The summed E-state index contributed by atoms with van der Waals surface area (Å²) in [6, 6.07) is 15.4. The number of hydrogen-bond donors (Lipinski definition) is 1. The Morgan fingerprint density at radius 1 is 1.04 bits per heavy atom. The lowest BCUT2D eigenvalue weighted by Crippen LogP contribution is -2.10. The first-order valence-corrected chi connectivity index (χ1v) is 8.15. The van der Waals surface area contributed by atoms with Crippen LogP contribution in [0, 0.1) is 5.82 Å². The van der Waals surface area contributed by atoms with Gasteiger partial charge in [-0.25, -0.2) is 14.4 Å². The van der Waals surface area contributed by atoms with Crippen molar-refractivity contribution in [3.05, 3.63) is 96.3 Å². The molecular weight excluding hydrogens is 333 g/mol. The smallest absolute Gasteiger partial charge is 0.214 e. The van der Waals surface area contributed by atoms with Crippen molar-refractivity contribution < 1.29 is 13.9 Å². The molecule has 1 N–H and O–H groups in total. The van der Waals surface area contributed by atoms with E-state index in [2.05, 4.69) is 9.97 Å². The summed E-state index contributed by atoms with van der Waals surface area (Å²) in [5, 5.41) is 10.6. The van der Waals surface area contributed by atoms with Crippen molar-refractivity contribution in [2.75, 3.05) is 0 Å². The number of rotatable bonds is 5. The molecule has 0 amide bonds. The maximum atomic E-state index is 13.0. The molecule has 4 aromatic rings. The number of imidazole rings is 1. The predicted octanol–water partition coefficient (Wildman–Crippen LogP) is 3.81. The van der Waals surface area contributed by atoms with E-state index in [-0.39, 0.29) is 5.82 Å². The van der Waals surface area contributed by atoms with Crippen molar-refractivity contribution in [1.29, 1.82) is 0 Å². The van der Waals surface area contributed by atoms with Gasteiger partial charge in [-0.3, -0.25) is 0 Å². The van der Waals surface area contributed by atoms with Crippen LogP contribution in [0.2, 0.25) is 0 Å². The summed E-state index contributed by atoms with van der Waals surface area (Å²) in [5.74, 6) is 1.25. The zero-order valence-electron chi connectivity index (χ0n) is 13.8. The third-order valence-corrected chi connectivity index (χ3v) is 4.10. The zero-order valence-corrected chi connectivity index (χ0v) is 13.8. The second-order valence-corrected chi connectivity index (χ2v) is 5.85. The molecule has 0 aliphatic carbocycles. The number of hydrogen-bond acceptors (Lipinski definition) is 4. The molecule has 0 saturated carbocycles. The lowest BCUT2D eigenvalue weighted by atomic mass is 10.1. The van der Waals surface area contributed by atoms with Crippen LogP contribution in [-0.4, -0.2) is 19.6 Å². The average Bonchev–Trinajstić information content (AvgIpc) is 3.33. The summed E-state index contributed by atoms with van der Waals surface area (Å²) in [6.07, 6.45) is 4.17. The van der Waals surface area contributed by atoms with Gasteiger partial charge in [0.25, 0.3) is 0 Å². The van der Waals surface area contributed by atoms with Crippen LogP contribution in [0.1, 0.15) is 23.4 Å². The first-order chi connectivity index (χ1) is 12.7. The monoisotopic (exact) mass is 349 g/mol. The molecule has 2 heterocycles. The lowest BCUT2D eigenvalue weighted by molar-refractivity contribution is 0.204. The van der Waals surface area contributed by atoms with Gasteiger partial charge in [0, 0.05) is 18.0 Å². The summed E-state index contributed by atoms with van der Waals surface area (Å²) in [7, 11) is 0. The number of oxazole rings is 1. The minimum Gasteiger partial charge on any atom is -0.439 e. The quantitative estimate of drug-likeness (QED) is 0.595. The minimum absolute atomic E-state index is 0.300. The Morgan fingerprint density at radius 2 is 1.81 bits per heavy atom. The van der Waals surface area contributed by atoms with Gasteiger partial charge in [-0.15, -0.1) is 0 Å². The highest BCUT2D eigenvalue weighted by atomic mass is 19.1. The fourth-order valence-electron chi connectivity index (χ4n) is 2.76. The Bertz CT molecular complexity index is 993. The highest BCUT2D eigenvalue weighted by Crippen LogP contribution is 2.23. The van der Waals surface area contributed by atoms with E-state index >= 15 is 0 Å². The van der Waals surface area contributed by atoms with Crippen LogP contribution in [0.4, 0.5) is 4.39 Å². The van der Waals surface area contributed by atoms with Crippen LogP contribution in [0.15, 0.2) is 77.6 Å². The summed E-state index contributed by atoms with van der Waals surface area (Å²) >= 11 is 0. The van der Waals surface area contributed by atoms with Gasteiger partial charge in [-0.05, 0) is 29.8 Å². The fourth-order valence-corrected chi connectivity index (χ4v) is 2.76. The minimum atomic E-state index is -0.835. The van der Waals surface area contributed by atoms with Gasteiger partial charge in [0.15, 0.2) is 5.76 Å².